The Balaban J connectivity index is 1.09. The van der Waals surface area contributed by atoms with Crippen LogP contribution in [0.2, 0.25) is 0 Å². The van der Waals surface area contributed by atoms with Crippen molar-refractivity contribution in [3.05, 3.63) is 146 Å². The van der Waals surface area contributed by atoms with Crippen molar-refractivity contribution in [3.63, 3.8) is 0 Å². The van der Waals surface area contributed by atoms with Crippen molar-refractivity contribution in [2.45, 2.75) is 0 Å². The lowest BCUT2D eigenvalue weighted by Gasteiger charge is -2.11. The zero-order valence-electron chi connectivity index (χ0n) is 23.2. The Morgan fingerprint density at radius 2 is 0.837 bits per heavy atom. The molecule has 0 saturated heterocycles. The van der Waals surface area contributed by atoms with Crippen LogP contribution in [0, 0.1) is 0 Å². The third-order valence-corrected chi connectivity index (χ3v) is 9.72. The summed E-state index contributed by atoms with van der Waals surface area (Å²) < 4.78 is 2.67. The van der Waals surface area contributed by atoms with Gasteiger partial charge in [-0.3, -0.25) is 9.97 Å². The van der Waals surface area contributed by atoms with Crippen LogP contribution in [0.1, 0.15) is 0 Å². The van der Waals surface area contributed by atoms with Gasteiger partial charge >= 0.3 is 0 Å². The smallest absolute Gasteiger partial charge is 0.0971 e. The number of rotatable bonds is 3. The summed E-state index contributed by atoms with van der Waals surface area (Å²) in [5, 5.41) is 7.34. The molecule has 0 fully saturated rings. The lowest BCUT2D eigenvalue weighted by molar-refractivity contribution is 1.31. The number of nitrogens with zero attached hydrogens (tertiary/aromatic N) is 2. The average Bonchev–Trinajstić information content (AvgIpc) is 3.46. The minimum atomic E-state index is 0.948. The van der Waals surface area contributed by atoms with Gasteiger partial charge in [0.15, 0.2) is 0 Å². The van der Waals surface area contributed by atoms with Gasteiger partial charge in [-0.1, -0.05) is 103 Å². The first-order valence-electron chi connectivity index (χ1n) is 14.5. The normalized spacial score (nSPS) is 11.7. The monoisotopic (exact) mass is 564 g/mol. The number of hydrogen-bond donors (Lipinski definition) is 0. The van der Waals surface area contributed by atoms with Crippen molar-refractivity contribution in [2.24, 2.45) is 0 Å². The Kier molecular flexibility index (Phi) is 5.40. The second-order valence-corrected chi connectivity index (χ2v) is 12.1. The van der Waals surface area contributed by atoms with E-state index in [1.807, 2.05) is 11.3 Å². The molecule has 0 aliphatic heterocycles. The maximum absolute atomic E-state index is 4.70. The summed E-state index contributed by atoms with van der Waals surface area (Å²) in [5.74, 6) is 0. The highest BCUT2D eigenvalue weighted by atomic mass is 32.1. The topological polar surface area (TPSA) is 25.8 Å². The number of fused-ring (bicyclic) bond motifs is 9. The van der Waals surface area contributed by atoms with Gasteiger partial charge in [0, 0.05) is 43.3 Å². The van der Waals surface area contributed by atoms with Crippen LogP contribution in [0.3, 0.4) is 0 Å². The van der Waals surface area contributed by atoms with E-state index >= 15 is 0 Å². The summed E-state index contributed by atoms with van der Waals surface area (Å²) in [4.78, 5) is 9.36. The third-order valence-electron chi connectivity index (χ3n) is 8.57. The van der Waals surface area contributed by atoms with Gasteiger partial charge in [0.05, 0.1) is 11.0 Å². The van der Waals surface area contributed by atoms with Crippen molar-refractivity contribution < 1.29 is 0 Å². The van der Waals surface area contributed by atoms with Gasteiger partial charge in [0.1, 0.15) is 0 Å². The first kappa shape index (κ1) is 24.2. The lowest BCUT2D eigenvalue weighted by atomic mass is 9.94. The molecule has 3 heteroatoms. The van der Waals surface area contributed by atoms with Crippen LogP contribution in [0.25, 0.3) is 86.1 Å². The van der Waals surface area contributed by atoms with Crippen LogP contribution in [0.4, 0.5) is 0 Å². The Morgan fingerprint density at radius 1 is 0.326 bits per heavy atom. The summed E-state index contributed by atoms with van der Waals surface area (Å²) in [7, 11) is 0. The Labute approximate surface area is 252 Å². The number of benzene rings is 7. The largest absolute Gasteiger partial charge is 0.252 e. The summed E-state index contributed by atoms with van der Waals surface area (Å²) in [6.07, 6.45) is 3.55. The SMILES string of the molecule is c1cc(-c2ccc(-c3ccc4c(c3)c3ccccc3c3nccnc43)cc2)cc(-c2ccc3sc4ccccc4c3c2)c1. The van der Waals surface area contributed by atoms with Crippen LogP contribution >= 0.6 is 11.3 Å². The highest BCUT2D eigenvalue weighted by Crippen LogP contribution is 2.38. The second kappa shape index (κ2) is 9.59. The zero-order chi connectivity index (χ0) is 28.3. The lowest BCUT2D eigenvalue weighted by Crippen LogP contribution is -1.89. The van der Waals surface area contributed by atoms with Crippen LogP contribution in [0.15, 0.2) is 146 Å². The molecule has 0 bridgehead atoms. The standard InChI is InChI=1S/C40H24N2S/c1-2-10-33-31(8-1)35-23-29(16-18-34(35)40-39(33)41-20-21-42-40)26-14-12-25(13-15-26)27-6-5-7-28(22-27)30-17-19-38-36(24-30)32-9-3-4-11-37(32)43-38/h1-24H. The molecular formula is C40H24N2S. The van der Waals surface area contributed by atoms with Crippen molar-refractivity contribution in [2.75, 3.05) is 0 Å². The van der Waals surface area contributed by atoms with Crippen LogP contribution in [0.5, 0.6) is 0 Å². The molecule has 7 aromatic carbocycles. The quantitative estimate of drug-likeness (QED) is 0.199. The fraction of sp³-hybridized carbons (Fsp3) is 0. The van der Waals surface area contributed by atoms with E-state index in [0.29, 0.717) is 0 Å². The first-order valence-corrected chi connectivity index (χ1v) is 15.3. The molecule has 0 atom stereocenters. The van der Waals surface area contributed by atoms with Gasteiger partial charge in [-0.2, -0.15) is 0 Å². The maximum atomic E-state index is 4.70. The summed E-state index contributed by atoms with van der Waals surface area (Å²) in [6, 6.07) is 48.5. The molecule has 0 amide bonds. The van der Waals surface area contributed by atoms with Crippen LogP contribution < -0.4 is 0 Å². The molecule has 0 spiro atoms. The van der Waals surface area contributed by atoms with Crippen molar-refractivity contribution in [1.82, 2.24) is 9.97 Å². The highest BCUT2D eigenvalue weighted by Gasteiger charge is 2.12. The van der Waals surface area contributed by atoms with Crippen LogP contribution in [-0.2, 0) is 0 Å². The predicted octanol–water partition coefficient (Wildman–Crippen LogP) is 11.3. The number of hydrogen-bond acceptors (Lipinski definition) is 3. The molecular weight excluding hydrogens is 541 g/mol. The fourth-order valence-corrected chi connectivity index (χ4v) is 7.54. The Morgan fingerprint density at radius 3 is 1.60 bits per heavy atom. The van der Waals surface area contributed by atoms with Gasteiger partial charge in [-0.05, 0) is 74.5 Å². The molecule has 0 aliphatic carbocycles. The predicted molar refractivity (Wildman–Crippen MR) is 184 cm³/mol. The molecule has 200 valence electrons. The average molecular weight is 565 g/mol. The van der Waals surface area contributed by atoms with Gasteiger partial charge in [-0.25, -0.2) is 0 Å². The maximum Gasteiger partial charge on any atom is 0.0971 e. The van der Waals surface area contributed by atoms with E-state index in [9.17, 15) is 0 Å². The molecule has 9 aromatic rings. The van der Waals surface area contributed by atoms with E-state index < -0.39 is 0 Å². The molecule has 0 N–H and O–H groups in total. The van der Waals surface area contributed by atoms with E-state index in [-0.39, 0.29) is 0 Å². The highest BCUT2D eigenvalue weighted by molar-refractivity contribution is 7.25. The van der Waals surface area contributed by atoms with Gasteiger partial charge in [0.25, 0.3) is 0 Å². The van der Waals surface area contributed by atoms with Gasteiger partial charge in [0.2, 0.25) is 0 Å². The third kappa shape index (κ3) is 3.93. The number of thiophene rings is 1. The van der Waals surface area contributed by atoms with E-state index in [1.165, 1.54) is 64.3 Å². The first-order chi connectivity index (χ1) is 21.3. The van der Waals surface area contributed by atoms with Crippen molar-refractivity contribution in [1.29, 1.82) is 0 Å². The minimum Gasteiger partial charge on any atom is -0.252 e. The van der Waals surface area contributed by atoms with Gasteiger partial charge < -0.3 is 0 Å². The van der Waals surface area contributed by atoms with E-state index in [0.717, 1.165) is 21.8 Å². The minimum absolute atomic E-state index is 0.948. The van der Waals surface area contributed by atoms with E-state index in [1.54, 1.807) is 12.4 Å². The van der Waals surface area contributed by atoms with Crippen molar-refractivity contribution in [3.8, 4) is 33.4 Å². The molecule has 0 unspecified atom stereocenters. The molecule has 9 rings (SSSR count). The molecule has 43 heavy (non-hydrogen) atoms. The van der Waals surface area contributed by atoms with E-state index in [4.69, 9.17) is 4.98 Å². The molecule has 0 saturated carbocycles. The Bertz CT molecular complexity index is 2470. The van der Waals surface area contributed by atoms with E-state index in [2.05, 4.69) is 138 Å². The fourth-order valence-electron chi connectivity index (χ4n) is 6.45. The van der Waals surface area contributed by atoms with Crippen LogP contribution in [-0.4, -0.2) is 9.97 Å². The second-order valence-electron chi connectivity index (χ2n) is 11.0. The number of aromatic nitrogens is 2. The molecule has 2 nitrogen and oxygen atoms in total. The van der Waals surface area contributed by atoms with Crippen molar-refractivity contribution >= 4 is 64.1 Å². The summed E-state index contributed by atoms with van der Waals surface area (Å²) in [5.41, 5.74) is 9.19. The molecule has 2 heterocycles. The van der Waals surface area contributed by atoms with Gasteiger partial charge in [-0.15, -0.1) is 11.3 Å². The Hall–Kier alpha value is -5.38. The summed E-state index contributed by atoms with van der Waals surface area (Å²) >= 11 is 1.86. The molecule has 0 radical (unpaired) electrons. The molecule has 2 aromatic heterocycles. The molecule has 0 aliphatic rings. The summed E-state index contributed by atoms with van der Waals surface area (Å²) in [6.45, 7) is 0. The zero-order valence-corrected chi connectivity index (χ0v) is 24.0.